The van der Waals surface area contributed by atoms with Gasteiger partial charge in [-0.15, -0.1) is 11.3 Å². The number of para-hydroxylation sites is 1. The minimum absolute atomic E-state index is 0.0370. The Balaban J connectivity index is 2.20. The second-order valence-corrected chi connectivity index (χ2v) is 5.88. The Kier molecular flexibility index (Phi) is 5.15. The van der Waals surface area contributed by atoms with Crippen LogP contribution in [-0.2, 0) is 0 Å². The number of benzene rings is 1. The SMILES string of the molecule is Cc1cc(C(=O)Nc2ccccc2C#CCCO)sc1C. The number of aryl methyl sites for hydroxylation is 2. The maximum Gasteiger partial charge on any atom is 0.265 e. The fourth-order valence-electron chi connectivity index (χ4n) is 1.78. The van der Waals surface area contributed by atoms with Gasteiger partial charge in [-0.2, -0.15) is 0 Å². The summed E-state index contributed by atoms with van der Waals surface area (Å²) in [5.74, 6) is 5.72. The lowest BCUT2D eigenvalue weighted by Gasteiger charge is -2.06. The van der Waals surface area contributed by atoms with Crippen molar-refractivity contribution in [2.24, 2.45) is 0 Å². The number of aliphatic hydroxyl groups is 1. The molecule has 21 heavy (non-hydrogen) atoms. The zero-order valence-electron chi connectivity index (χ0n) is 12.1. The molecule has 1 amide bonds. The summed E-state index contributed by atoms with van der Waals surface area (Å²) in [6.45, 7) is 4.04. The highest BCUT2D eigenvalue weighted by atomic mass is 32.1. The van der Waals surface area contributed by atoms with Crippen LogP contribution in [0.5, 0.6) is 0 Å². The number of hydrogen-bond acceptors (Lipinski definition) is 3. The van der Waals surface area contributed by atoms with Gasteiger partial charge in [0.2, 0.25) is 0 Å². The highest BCUT2D eigenvalue weighted by Crippen LogP contribution is 2.22. The van der Waals surface area contributed by atoms with E-state index in [1.54, 1.807) is 0 Å². The molecule has 0 bridgehead atoms. The first kappa shape index (κ1) is 15.3. The fraction of sp³-hybridized carbons (Fsp3) is 0.235. The van der Waals surface area contributed by atoms with Crippen LogP contribution >= 0.6 is 11.3 Å². The highest BCUT2D eigenvalue weighted by Gasteiger charge is 2.11. The molecule has 0 spiro atoms. The van der Waals surface area contributed by atoms with Gasteiger partial charge in [0.15, 0.2) is 0 Å². The first-order chi connectivity index (χ1) is 10.1. The van der Waals surface area contributed by atoms with Crippen molar-refractivity contribution in [2.75, 3.05) is 11.9 Å². The largest absolute Gasteiger partial charge is 0.395 e. The lowest BCUT2D eigenvalue weighted by molar-refractivity contribution is 0.103. The topological polar surface area (TPSA) is 49.3 Å². The highest BCUT2D eigenvalue weighted by molar-refractivity contribution is 7.14. The summed E-state index contributed by atoms with van der Waals surface area (Å²) in [4.78, 5) is 14.1. The quantitative estimate of drug-likeness (QED) is 0.854. The van der Waals surface area contributed by atoms with Crippen molar-refractivity contribution in [2.45, 2.75) is 20.3 Å². The molecule has 0 saturated heterocycles. The van der Waals surface area contributed by atoms with E-state index in [9.17, 15) is 4.79 Å². The van der Waals surface area contributed by atoms with Gasteiger partial charge in [-0.1, -0.05) is 24.0 Å². The van der Waals surface area contributed by atoms with E-state index in [4.69, 9.17) is 5.11 Å². The van der Waals surface area contributed by atoms with Crippen molar-refractivity contribution >= 4 is 22.9 Å². The van der Waals surface area contributed by atoms with Crippen molar-refractivity contribution in [3.8, 4) is 11.8 Å². The van der Waals surface area contributed by atoms with Crippen molar-refractivity contribution in [3.63, 3.8) is 0 Å². The second kappa shape index (κ2) is 7.07. The fourth-order valence-corrected chi connectivity index (χ4v) is 2.71. The predicted octanol–water partition coefficient (Wildman–Crippen LogP) is 3.35. The van der Waals surface area contributed by atoms with Gasteiger partial charge in [0.25, 0.3) is 5.91 Å². The third-order valence-electron chi connectivity index (χ3n) is 3.02. The van der Waals surface area contributed by atoms with Gasteiger partial charge in [-0.25, -0.2) is 0 Å². The van der Waals surface area contributed by atoms with Crippen LogP contribution in [-0.4, -0.2) is 17.6 Å². The van der Waals surface area contributed by atoms with Crippen LogP contribution in [0.3, 0.4) is 0 Å². The van der Waals surface area contributed by atoms with Gasteiger partial charge in [0.05, 0.1) is 17.2 Å². The number of aliphatic hydroxyl groups excluding tert-OH is 1. The van der Waals surface area contributed by atoms with Crippen LogP contribution < -0.4 is 5.32 Å². The van der Waals surface area contributed by atoms with Gasteiger partial charge < -0.3 is 10.4 Å². The smallest absolute Gasteiger partial charge is 0.265 e. The molecular formula is C17H17NO2S. The van der Waals surface area contributed by atoms with Gasteiger partial charge >= 0.3 is 0 Å². The maximum absolute atomic E-state index is 12.3. The van der Waals surface area contributed by atoms with E-state index in [1.165, 1.54) is 11.3 Å². The van der Waals surface area contributed by atoms with Crippen LogP contribution in [0.2, 0.25) is 0 Å². The first-order valence-electron chi connectivity index (χ1n) is 6.69. The van der Waals surface area contributed by atoms with Crippen LogP contribution in [0.1, 0.15) is 32.1 Å². The Labute approximate surface area is 128 Å². The van der Waals surface area contributed by atoms with E-state index in [0.29, 0.717) is 17.0 Å². The average molecular weight is 299 g/mol. The van der Waals surface area contributed by atoms with Crippen LogP contribution in [0.25, 0.3) is 0 Å². The van der Waals surface area contributed by atoms with Crippen LogP contribution in [0, 0.1) is 25.7 Å². The minimum Gasteiger partial charge on any atom is -0.395 e. The summed E-state index contributed by atoms with van der Waals surface area (Å²) in [6.07, 6.45) is 0.422. The normalized spacial score (nSPS) is 9.86. The number of nitrogens with one attached hydrogen (secondary N) is 1. The van der Waals surface area contributed by atoms with Crippen molar-refractivity contribution in [1.82, 2.24) is 0 Å². The Hall–Kier alpha value is -2.09. The third kappa shape index (κ3) is 3.94. The predicted molar refractivity (Wildman–Crippen MR) is 86.8 cm³/mol. The second-order valence-electron chi connectivity index (χ2n) is 4.62. The van der Waals surface area contributed by atoms with E-state index in [-0.39, 0.29) is 12.5 Å². The molecule has 0 fully saturated rings. The monoisotopic (exact) mass is 299 g/mol. The molecule has 1 aromatic heterocycles. The van der Waals surface area contributed by atoms with Gasteiger partial charge in [0, 0.05) is 16.9 Å². The number of hydrogen-bond donors (Lipinski definition) is 2. The average Bonchev–Trinajstić information content (AvgIpc) is 2.81. The summed E-state index contributed by atoms with van der Waals surface area (Å²) < 4.78 is 0. The van der Waals surface area contributed by atoms with Crippen molar-refractivity contribution in [3.05, 3.63) is 51.2 Å². The van der Waals surface area contributed by atoms with Gasteiger partial charge in [-0.3, -0.25) is 4.79 Å². The molecule has 108 valence electrons. The Morgan fingerprint density at radius 2 is 2.10 bits per heavy atom. The Morgan fingerprint density at radius 1 is 1.33 bits per heavy atom. The summed E-state index contributed by atoms with van der Waals surface area (Å²) in [5, 5.41) is 11.7. The summed E-state index contributed by atoms with van der Waals surface area (Å²) in [5.41, 5.74) is 2.57. The summed E-state index contributed by atoms with van der Waals surface area (Å²) >= 11 is 1.49. The van der Waals surface area contributed by atoms with Crippen molar-refractivity contribution < 1.29 is 9.90 Å². The maximum atomic E-state index is 12.3. The number of anilines is 1. The lowest BCUT2D eigenvalue weighted by atomic mass is 10.1. The molecule has 1 heterocycles. The van der Waals surface area contributed by atoms with Crippen molar-refractivity contribution in [1.29, 1.82) is 0 Å². The van der Waals surface area contributed by atoms with Gasteiger partial charge in [-0.05, 0) is 37.6 Å². The van der Waals surface area contributed by atoms with E-state index in [2.05, 4.69) is 17.2 Å². The molecule has 0 saturated carbocycles. The van der Waals surface area contributed by atoms with Crippen LogP contribution in [0.15, 0.2) is 30.3 Å². The molecule has 4 heteroatoms. The number of amides is 1. The van der Waals surface area contributed by atoms with E-state index in [0.717, 1.165) is 16.0 Å². The molecule has 0 aliphatic rings. The zero-order valence-corrected chi connectivity index (χ0v) is 12.9. The number of carbonyl (C=O) groups excluding carboxylic acids is 1. The molecular weight excluding hydrogens is 282 g/mol. The molecule has 0 aliphatic heterocycles. The summed E-state index contributed by atoms with van der Waals surface area (Å²) in [7, 11) is 0. The standard InChI is InChI=1S/C17H17NO2S/c1-12-11-16(21-13(12)2)17(20)18-15-9-4-3-7-14(15)8-5-6-10-19/h3-4,7,9,11,19H,6,10H2,1-2H3,(H,18,20). The third-order valence-corrected chi connectivity index (χ3v) is 4.18. The number of thiophene rings is 1. The molecule has 3 nitrogen and oxygen atoms in total. The van der Waals surface area contributed by atoms with Crippen LogP contribution in [0.4, 0.5) is 5.69 Å². The number of carbonyl (C=O) groups is 1. The van der Waals surface area contributed by atoms with E-state index in [1.807, 2.05) is 44.2 Å². The minimum atomic E-state index is -0.118. The lowest BCUT2D eigenvalue weighted by Crippen LogP contribution is -2.11. The summed E-state index contributed by atoms with van der Waals surface area (Å²) in [6, 6.07) is 9.31. The molecule has 0 radical (unpaired) electrons. The van der Waals surface area contributed by atoms with E-state index < -0.39 is 0 Å². The molecule has 0 atom stereocenters. The molecule has 1 aromatic carbocycles. The van der Waals surface area contributed by atoms with E-state index >= 15 is 0 Å². The molecule has 2 N–H and O–H groups in total. The van der Waals surface area contributed by atoms with Gasteiger partial charge in [0.1, 0.15) is 0 Å². The molecule has 2 rings (SSSR count). The molecule has 2 aromatic rings. The molecule has 0 unspecified atom stereocenters. The zero-order chi connectivity index (χ0) is 15.2. The first-order valence-corrected chi connectivity index (χ1v) is 7.50. The Bertz CT molecular complexity index is 688. The number of rotatable bonds is 3. The Morgan fingerprint density at radius 3 is 2.76 bits per heavy atom. The molecule has 0 aliphatic carbocycles.